The van der Waals surface area contributed by atoms with Crippen molar-refractivity contribution < 1.29 is 0 Å². The third-order valence-electron chi connectivity index (χ3n) is 1.56. The number of nitrogens with one attached hydrogen (secondary N) is 2. The Labute approximate surface area is 67.2 Å². The van der Waals surface area contributed by atoms with Crippen LogP contribution >= 0.6 is 0 Å². The minimum absolute atomic E-state index is 1.04. The van der Waals surface area contributed by atoms with Gasteiger partial charge in [0, 0.05) is 24.9 Å². The minimum atomic E-state index is 1.04. The van der Waals surface area contributed by atoms with Crippen molar-refractivity contribution in [2.24, 2.45) is 0 Å². The number of hydrogen-bond acceptors (Lipinski definition) is 2. The first-order valence-corrected chi connectivity index (χ1v) is 4.12. The van der Waals surface area contributed by atoms with E-state index in [1.807, 2.05) is 6.07 Å². The average Bonchev–Trinajstić information content (AvgIpc) is 2.50. The molecule has 1 aromatic heterocycles. The summed E-state index contributed by atoms with van der Waals surface area (Å²) in [5.41, 5.74) is 1.20. The van der Waals surface area contributed by atoms with E-state index in [1.54, 1.807) is 6.20 Å². The van der Waals surface area contributed by atoms with Gasteiger partial charge in [0.2, 0.25) is 0 Å². The molecule has 2 N–H and O–H groups in total. The predicted octanol–water partition coefficient (Wildman–Crippen LogP) is 0.952. The molecule has 0 amide bonds. The first-order valence-electron chi connectivity index (χ1n) is 4.12. The molecule has 0 spiro atoms. The second-order valence-electron chi connectivity index (χ2n) is 2.58. The SMILES string of the molecule is CCCNCCc1ccn[nH]1. The number of aromatic nitrogens is 2. The van der Waals surface area contributed by atoms with E-state index in [2.05, 4.69) is 22.4 Å². The fourth-order valence-corrected chi connectivity index (χ4v) is 0.949. The Balaban J connectivity index is 2.04. The molecule has 1 aromatic rings. The summed E-state index contributed by atoms with van der Waals surface area (Å²) in [6.45, 7) is 4.31. The van der Waals surface area contributed by atoms with Gasteiger partial charge in [0.05, 0.1) is 0 Å². The molecule has 0 aliphatic heterocycles. The van der Waals surface area contributed by atoms with Crippen LogP contribution in [0.2, 0.25) is 0 Å². The van der Waals surface area contributed by atoms with Crippen molar-refractivity contribution in [3.63, 3.8) is 0 Å². The second kappa shape index (κ2) is 4.91. The van der Waals surface area contributed by atoms with Gasteiger partial charge >= 0.3 is 0 Å². The van der Waals surface area contributed by atoms with Crippen LogP contribution in [-0.4, -0.2) is 23.3 Å². The molecule has 0 saturated heterocycles. The molecule has 0 bridgehead atoms. The summed E-state index contributed by atoms with van der Waals surface area (Å²) in [7, 11) is 0. The maximum absolute atomic E-state index is 3.87. The van der Waals surface area contributed by atoms with Gasteiger partial charge in [-0.1, -0.05) is 6.92 Å². The molecular weight excluding hydrogens is 138 g/mol. The Kier molecular flexibility index (Phi) is 3.69. The van der Waals surface area contributed by atoms with Crippen molar-refractivity contribution >= 4 is 0 Å². The third-order valence-corrected chi connectivity index (χ3v) is 1.56. The van der Waals surface area contributed by atoms with Crippen molar-refractivity contribution in [3.05, 3.63) is 18.0 Å². The topological polar surface area (TPSA) is 40.7 Å². The molecule has 0 aliphatic carbocycles. The van der Waals surface area contributed by atoms with Gasteiger partial charge in [-0.25, -0.2) is 0 Å². The minimum Gasteiger partial charge on any atom is -0.316 e. The molecular formula is C8H15N3. The molecule has 62 valence electrons. The summed E-state index contributed by atoms with van der Waals surface area (Å²) >= 11 is 0. The Bertz CT molecular complexity index is 169. The summed E-state index contributed by atoms with van der Waals surface area (Å²) in [5, 5.41) is 10.1. The highest BCUT2D eigenvalue weighted by Gasteiger charge is 1.91. The standard InChI is InChI=1S/C8H15N3/c1-2-5-9-6-3-8-4-7-10-11-8/h4,7,9H,2-3,5-6H2,1H3,(H,10,11). The summed E-state index contributed by atoms with van der Waals surface area (Å²) in [5.74, 6) is 0. The van der Waals surface area contributed by atoms with Gasteiger partial charge in [-0.05, 0) is 19.0 Å². The average molecular weight is 153 g/mol. The van der Waals surface area contributed by atoms with Gasteiger partial charge in [0.25, 0.3) is 0 Å². The van der Waals surface area contributed by atoms with E-state index < -0.39 is 0 Å². The highest BCUT2D eigenvalue weighted by molar-refractivity contribution is 4.97. The van der Waals surface area contributed by atoms with Crippen LogP contribution < -0.4 is 5.32 Å². The van der Waals surface area contributed by atoms with Crippen LogP contribution in [0.4, 0.5) is 0 Å². The van der Waals surface area contributed by atoms with Crippen LogP contribution in [0.3, 0.4) is 0 Å². The Hall–Kier alpha value is -0.830. The number of H-pyrrole nitrogens is 1. The number of rotatable bonds is 5. The fourth-order valence-electron chi connectivity index (χ4n) is 0.949. The molecule has 11 heavy (non-hydrogen) atoms. The number of nitrogens with zero attached hydrogens (tertiary/aromatic N) is 1. The fraction of sp³-hybridized carbons (Fsp3) is 0.625. The second-order valence-corrected chi connectivity index (χ2v) is 2.58. The van der Waals surface area contributed by atoms with Crippen molar-refractivity contribution in [2.75, 3.05) is 13.1 Å². The van der Waals surface area contributed by atoms with E-state index in [9.17, 15) is 0 Å². The smallest absolute Gasteiger partial charge is 0.0490 e. The lowest BCUT2D eigenvalue weighted by Gasteiger charge is -1.99. The summed E-state index contributed by atoms with van der Waals surface area (Å²) in [6.07, 6.45) is 4.03. The highest BCUT2D eigenvalue weighted by atomic mass is 15.1. The molecule has 0 fully saturated rings. The van der Waals surface area contributed by atoms with Crippen LogP contribution in [0.5, 0.6) is 0 Å². The molecule has 0 atom stereocenters. The summed E-state index contributed by atoms with van der Waals surface area (Å²) < 4.78 is 0. The number of aromatic amines is 1. The van der Waals surface area contributed by atoms with E-state index in [1.165, 1.54) is 12.1 Å². The van der Waals surface area contributed by atoms with Gasteiger partial charge in [-0.15, -0.1) is 0 Å². The molecule has 3 heteroatoms. The molecule has 0 aliphatic rings. The van der Waals surface area contributed by atoms with Crippen molar-refractivity contribution in [3.8, 4) is 0 Å². The molecule has 1 rings (SSSR count). The predicted molar refractivity (Wildman–Crippen MR) is 45.5 cm³/mol. The van der Waals surface area contributed by atoms with Crippen molar-refractivity contribution in [1.82, 2.24) is 15.5 Å². The normalized spacial score (nSPS) is 10.3. The lowest BCUT2D eigenvalue weighted by molar-refractivity contribution is 0.665. The summed E-state index contributed by atoms with van der Waals surface area (Å²) in [4.78, 5) is 0. The quantitative estimate of drug-likeness (QED) is 0.618. The lowest BCUT2D eigenvalue weighted by Crippen LogP contribution is -2.17. The zero-order valence-electron chi connectivity index (χ0n) is 6.93. The van der Waals surface area contributed by atoms with Crippen molar-refractivity contribution in [2.45, 2.75) is 19.8 Å². The highest BCUT2D eigenvalue weighted by Crippen LogP contribution is 1.90. The van der Waals surface area contributed by atoms with Crippen LogP contribution in [0.1, 0.15) is 19.0 Å². The van der Waals surface area contributed by atoms with Crippen molar-refractivity contribution in [1.29, 1.82) is 0 Å². The number of hydrogen-bond donors (Lipinski definition) is 2. The Morgan fingerprint density at radius 2 is 2.45 bits per heavy atom. The molecule has 0 radical (unpaired) electrons. The molecule has 0 unspecified atom stereocenters. The van der Waals surface area contributed by atoms with Crippen LogP contribution in [0.25, 0.3) is 0 Å². The van der Waals surface area contributed by atoms with E-state index >= 15 is 0 Å². The van der Waals surface area contributed by atoms with E-state index in [-0.39, 0.29) is 0 Å². The van der Waals surface area contributed by atoms with E-state index in [4.69, 9.17) is 0 Å². The van der Waals surface area contributed by atoms with E-state index in [0.29, 0.717) is 0 Å². The third kappa shape index (κ3) is 3.18. The van der Waals surface area contributed by atoms with Gasteiger partial charge in [-0.3, -0.25) is 5.10 Å². The van der Waals surface area contributed by atoms with Gasteiger partial charge in [0.15, 0.2) is 0 Å². The molecule has 0 aromatic carbocycles. The van der Waals surface area contributed by atoms with Crippen LogP contribution in [0.15, 0.2) is 12.3 Å². The largest absolute Gasteiger partial charge is 0.316 e. The van der Waals surface area contributed by atoms with Gasteiger partial charge in [-0.2, -0.15) is 5.10 Å². The maximum Gasteiger partial charge on any atom is 0.0490 e. The first-order chi connectivity index (χ1) is 5.43. The lowest BCUT2D eigenvalue weighted by atomic mass is 10.3. The van der Waals surface area contributed by atoms with Crippen LogP contribution in [-0.2, 0) is 6.42 Å². The molecule has 0 saturated carbocycles. The monoisotopic (exact) mass is 153 g/mol. The van der Waals surface area contributed by atoms with E-state index in [0.717, 1.165) is 19.5 Å². The van der Waals surface area contributed by atoms with Gasteiger partial charge < -0.3 is 5.32 Å². The van der Waals surface area contributed by atoms with Crippen LogP contribution in [0, 0.1) is 0 Å². The molecule has 1 heterocycles. The Morgan fingerprint density at radius 1 is 1.55 bits per heavy atom. The summed E-state index contributed by atoms with van der Waals surface area (Å²) in [6, 6.07) is 2.01. The maximum atomic E-state index is 3.87. The molecule has 3 nitrogen and oxygen atoms in total. The zero-order valence-corrected chi connectivity index (χ0v) is 6.93. The Morgan fingerprint density at radius 3 is 3.09 bits per heavy atom. The van der Waals surface area contributed by atoms with Gasteiger partial charge in [0.1, 0.15) is 0 Å². The zero-order chi connectivity index (χ0) is 7.94. The first kappa shape index (κ1) is 8.27.